The Hall–Kier alpha value is -14.2. The van der Waals surface area contributed by atoms with E-state index in [0.29, 0.717) is 101 Å². The number of nitro groups is 4. The zero-order valence-corrected chi connectivity index (χ0v) is 85.2. The van der Waals surface area contributed by atoms with Crippen molar-refractivity contribution >= 4 is 104 Å². The van der Waals surface area contributed by atoms with E-state index in [9.17, 15) is 40.5 Å². The van der Waals surface area contributed by atoms with E-state index in [-0.39, 0.29) is 72.6 Å². The van der Waals surface area contributed by atoms with Gasteiger partial charge in [-0.05, 0) is 130 Å². The van der Waals surface area contributed by atoms with Crippen molar-refractivity contribution in [3.05, 3.63) is 243 Å². The fraction of sp³-hybridized carbons (Fsp3) is 0.431. The fourth-order valence-electron chi connectivity index (χ4n) is 18.9. The van der Waals surface area contributed by atoms with Gasteiger partial charge in [0.2, 0.25) is 11.9 Å². The number of hydrogen-bond donors (Lipinski definition) is 3. The van der Waals surface area contributed by atoms with E-state index in [2.05, 4.69) is 74.3 Å². The number of aryl methyl sites for hydroxylation is 2. The summed E-state index contributed by atoms with van der Waals surface area (Å²) < 4.78 is 31.6. The van der Waals surface area contributed by atoms with Gasteiger partial charge in [0, 0.05) is 281 Å². The first-order valence-corrected chi connectivity index (χ1v) is 49.7. The Kier molecular flexibility index (Phi) is 39.2. The zero-order valence-electron chi connectivity index (χ0n) is 81.2. The van der Waals surface area contributed by atoms with Gasteiger partial charge in [0.15, 0.2) is 39.4 Å². The van der Waals surface area contributed by atoms with Crippen molar-refractivity contribution in [3.63, 3.8) is 0 Å². The van der Waals surface area contributed by atoms with E-state index >= 15 is 0 Å². The standard InChI is InChI=1S/C21H23N7O3.C21H25N7O.C20H24N6O3S.C19H22N6O3S.C17H19N5O3.4CH4.Ir/c1-25-9-7-22-21(25)27-8-6-17-18(14-27)23-19(15-2-4-16(5-3-15)28(29)30)24-20(17)26-10-12-31-13-11-26;1-26-9-7-23-21(26)28-8-6-17-18(14-28)24-19(15-2-4-16(22)5-3-15)25-20(17)27-10-12-29-13-11-27;1-21-20(30-2)25-8-7-16-17(13-25)22-18(14-3-5-15(6-4-14)26(27)28)23-19(16)24-9-11-29-12-10-24;1-20-19(29)24-7-6-15-16(12-24)21-17(13-2-4-14(5-3-13)25(26)27)22-18(15)23-8-10-28-11-9-23;23-22(24)13-3-1-12(2-4-13)16-19-15-11-18-6-5-14(15)17(20-16)21-7-9-25-10-8-21;;;;;/h2-5,7,9H,6,8,10-14H2,1H3;2-5,7,9H,6,8,10-14,22H2,1H3;3-6H,7-13H2,1-2H3;2-5H,6-12H2,1H3,(H,20,29);1-4,18H,5-11H2;4*1H4;. The van der Waals surface area contributed by atoms with Gasteiger partial charge in [0.25, 0.3) is 22.7 Å². The maximum absolute atomic E-state index is 11.0. The molecule has 0 atom stereocenters. The topological polar surface area (TPSA) is 475 Å². The molecule has 0 amide bonds. The number of nitrogens with zero attached hydrogens (tertiary/aromatic N) is 28. The average Bonchev–Trinajstić information content (AvgIpc) is 1.76. The maximum atomic E-state index is 11.0. The number of anilines is 8. The summed E-state index contributed by atoms with van der Waals surface area (Å²) in [5.74, 6) is 9.82. The quantitative estimate of drug-likeness (QED) is 0.0202. The van der Waals surface area contributed by atoms with E-state index in [4.69, 9.17) is 91.5 Å². The van der Waals surface area contributed by atoms with Crippen molar-refractivity contribution in [1.29, 1.82) is 0 Å². The number of amidine groups is 1. The Morgan fingerprint density at radius 2 is 0.651 bits per heavy atom. The number of rotatable bonds is 16. The van der Waals surface area contributed by atoms with E-state index in [1.807, 2.05) is 81.9 Å². The summed E-state index contributed by atoms with van der Waals surface area (Å²) in [4.78, 5) is 125. The first-order valence-electron chi connectivity index (χ1n) is 48.0. The summed E-state index contributed by atoms with van der Waals surface area (Å²) in [6.07, 6.45) is 13.9. The molecule has 0 aliphatic carbocycles. The van der Waals surface area contributed by atoms with Crippen LogP contribution in [0.5, 0.6) is 0 Å². The van der Waals surface area contributed by atoms with Crippen LogP contribution >= 0.6 is 24.0 Å². The summed E-state index contributed by atoms with van der Waals surface area (Å²) in [5.41, 5.74) is 21.8. The van der Waals surface area contributed by atoms with Gasteiger partial charge in [-0.2, -0.15) is 0 Å². The number of non-ortho nitro benzene ring substituents is 4. The molecule has 5 fully saturated rings. The SMILES string of the molecule is C.C.C.C.CN=C(SC)N1CCc2c(nc(-c3ccc([N+](=O)[O-])cc3)nc2N2CCOCC2)C1.CNC(=S)N1CCc2c(nc(-c3ccc([N+](=O)[O-])cc3)nc2N2CCOCC2)C1.Cn1ccnc1N1CCc2c(nc(-c3ccc(N)cc3)nc2N2CCOCC2)C1.Cn1ccnc1N1CCc2c(nc(-c3ccc([N+](=O)[O-])cc3)nc2N2CCOCC2)C1.O=[N+]([O-])c1ccc(-c2nc3c(c(N4CCOCC4)n2)CCNC3)cc1.[Ir]. The largest absolute Gasteiger partial charge is 0.399 e. The Labute approximate surface area is 889 Å². The maximum Gasteiger partial charge on any atom is 0.269 e. The molecule has 0 spiro atoms. The van der Waals surface area contributed by atoms with E-state index in [1.54, 1.807) is 66.5 Å². The number of aromatic nitrogens is 14. The minimum atomic E-state index is -0.409. The number of imidazole rings is 2. The monoisotopic (exact) mass is 2250 g/mol. The van der Waals surface area contributed by atoms with Crippen LogP contribution in [0, 0.1) is 40.5 Å². The Morgan fingerprint density at radius 1 is 0.383 bits per heavy atom. The van der Waals surface area contributed by atoms with Gasteiger partial charge in [-0.15, -0.1) is 0 Å². The summed E-state index contributed by atoms with van der Waals surface area (Å²) >= 11 is 7.04. The number of nitro benzene ring substituents is 4. The average molecular weight is 2250 g/mol. The number of nitrogens with one attached hydrogen (secondary N) is 2. The molecular weight excluding hydrogens is 2120 g/mol. The zero-order chi connectivity index (χ0) is 99.9. The number of thioether (sulfide) groups is 1. The molecule has 17 heterocycles. The molecule has 0 bridgehead atoms. The number of fused-ring (bicyclic) bond motifs is 5. The van der Waals surface area contributed by atoms with Crippen LogP contribution in [0.3, 0.4) is 0 Å². The van der Waals surface area contributed by atoms with Gasteiger partial charge in [0.1, 0.15) is 29.1 Å². The number of thiocarbonyl (C=S) groups is 1. The molecule has 149 heavy (non-hydrogen) atoms. The molecule has 22 rings (SSSR count). The number of aliphatic imine (C=N–C) groups is 1. The van der Waals surface area contributed by atoms with Crippen LogP contribution in [-0.2, 0) is 123 Å². The van der Waals surface area contributed by atoms with Crippen molar-refractivity contribution in [1.82, 2.24) is 89.4 Å². The van der Waals surface area contributed by atoms with E-state index in [1.165, 1.54) is 65.2 Å². The van der Waals surface area contributed by atoms with Gasteiger partial charge in [0.05, 0.1) is 140 Å². The van der Waals surface area contributed by atoms with Gasteiger partial charge in [-0.25, -0.2) is 59.8 Å². The molecule has 7 aromatic heterocycles. The smallest absolute Gasteiger partial charge is 0.269 e. The van der Waals surface area contributed by atoms with Gasteiger partial charge < -0.3 is 93.3 Å². The van der Waals surface area contributed by atoms with Crippen molar-refractivity contribution < 1.29 is 63.5 Å². The van der Waals surface area contributed by atoms with E-state index in [0.717, 1.165) is 282 Å². The molecule has 1 radical (unpaired) electrons. The molecule has 12 aromatic rings. The predicted octanol–water partition coefficient (Wildman–Crippen LogP) is 12.5. The fourth-order valence-corrected chi connectivity index (χ4v) is 19.6. The molecule has 10 aliphatic heterocycles. The summed E-state index contributed by atoms with van der Waals surface area (Å²) in [7, 11) is 7.64. The molecular formula is C102H129IrN31O13S2. The van der Waals surface area contributed by atoms with Gasteiger partial charge in [-0.1, -0.05) is 41.5 Å². The van der Waals surface area contributed by atoms with Crippen LogP contribution in [0.2, 0.25) is 0 Å². The molecule has 5 saturated heterocycles. The number of hydrogen-bond acceptors (Lipinski definition) is 37. The third-order valence-electron chi connectivity index (χ3n) is 26.5. The second-order valence-electron chi connectivity index (χ2n) is 35.4. The molecule has 791 valence electrons. The van der Waals surface area contributed by atoms with Crippen molar-refractivity contribution in [2.75, 3.05) is 225 Å². The summed E-state index contributed by atoms with van der Waals surface area (Å²) in [6.45, 7) is 22.7. The molecule has 10 aliphatic rings. The summed E-state index contributed by atoms with van der Waals surface area (Å²) in [5, 5.41) is 51.9. The molecule has 0 unspecified atom stereocenters. The Morgan fingerprint density at radius 3 is 0.926 bits per heavy atom. The van der Waals surface area contributed by atoms with E-state index < -0.39 is 19.7 Å². The predicted molar refractivity (Wildman–Crippen MR) is 579 cm³/mol. The number of nitrogen functional groups attached to an aromatic ring is 1. The first-order chi connectivity index (χ1) is 70.2. The third kappa shape index (κ3) is 26.4. The number of benzene rings is 5. The van der Waals surface area contributed by atoms with Crippen LogP contribution in [0.1, 0.15) is 86.0 Å². The van der Waals surface area contributed by atoms with Crippen LogP contribution in [-0.4, -0.2) is 293 Å². The van der Waals surface area contributed by atoms with Crippen LogP contribution in [0.15, 0.2) is 151 Å². The molecule has 5 aromatic carbocycles. The minimum Gasteiger partial charge on any atom is -0.399 e. The molecule has 0 saturated carbocycles. The van der Waals surface area contributed by atoms with Crippen molar-refractivity contribution in [2.45, 2.75) is 94.5 Å². The number of ether oxygens (including phenoxy) is 5. The van der Waals surface area contributed by atoms with Gasteiger partial charge >= 0.3 is 0 Å². The number of morpholine rings is 5. The van der Waals surface area contributed by atoms with Crippen LogP contribution in [0.25, 0.3) is 56.9 Å². The van der Waals surface area contributed by atoms with Crippen LogP contribution < -0.4 is 50.7 Å². The summed E-state index contributed by atoms with van der Waals surface area (Å²) in [6, 6.07) is 33.3. The minimum absolute atomic E-state index is 0. The molecule has 47 heteroatoms. The molecule has 44 nitrogen and oxygen atoms in total. The Balaban J connectivity index is 0.000000154. The van der Waals surface area contributed by atoms with Gasteiger partial charge in [-0.3, -0.25) is 45.4 Å². The Bertz CT molecular complexity index is 6630. The molecule has 4 N–H and O–H groups in total. The normalized spacial score (nSPS) is 16.1. The second kappa shape index (κ2) is 52.1. The third-order valence-corrected chi connectivity index (χ3v) is 27.7. The first kappa shape index (κ1) is 112. The van der Waals surface area contributed by atoms with Crippen molar-refractivity contribution in [2.24, 2.45) is 19.1 Å². The number of nitrogens with two attached hydrogens (primary N) is 1. The second-order valence-corrected chi connectivity index (χ2v) is 36.5. The van der Waals surface area contributed by atoms with Crippen LogP contribution in [0.4, 0.5) is 69.4 Å². The van der Waals surface area contributed by atoms with Crippen molar-refractivity contribution in [3.8, 4) is 56.9 Å².